The molecule has 0 atom stereocenters. The highest BCUT2D eigenvalue weighted by atomic mass is 32.2. The standard InChI is InChI=1S/C21H17F3N4O5S/c1-33-19-5-3-2-4-17(19)27-34(31,32)20-12-16(28(29)30)10-11-18(20)26-25-13-14-6-8-15(9-7-14)21(22,23)24/h2-13,26-27H,1H3. The Hall–Kier alpha value is -4.13. The maximum Gasteiger partial charge on any atom is 0.416 e. The summed E-state index contributed by atoms with van der Waals surface area (Å²) in [6, 6.07) is 13.4. The van der Waals surface area contributed by atoms with Crippen LogP contribution in [-0.2, 0) is 16.2 Å². The number of halogens is 3. The van der Waals surface area contributed by atoms with Crippen molar-refractivity contribution < 1.29 is 31.2 Å². The van der Waals surface area contributed by atoms with Crippen LogP contribution in [0.4, 0.5) is 30.2 Å². The van der Waals surface area contributed by atoms with Crippen LogP contribution in [0.5, 0.6) is 5.75 Å². The van der Waals surface area contributed by atoms with Crippen LogP contribution in [0.25, 0.3) is 0 Å². The van der Waals surface area contributed by atoms with Gasteiger partial charge < -0.3 is 4.74 Å². The third-order valence-corrected chi connectivity index (χ3v) is 5.86. The Balaban J connectivity index is 1.91. The summed E-state index contributed by atoms with van der Waals surface area (Å²) in [5.74, 6) is 0.228. The fraction of sp³-hybridized carbons (Fsp3) is 0.0952. The highest BCUT2D eigenvalue weighted by Gasteiger charge is 2.29. The Morgan fingerprint density at radius 1 is 1.03 bits per heavy atom. The van der Waals surface area contributed by atoms with E-state index in [0.717, 1.165) is 30.3 Å². The van der Waals surface area contributed by atoms with E-state index >= 15 is 0 Å². The second-order valence-electron chi connectivity index (χ2n) is 6.73. The number of methoxy groups -OCH3 is 1. The van der Waals surface area contributed by atoms with Crippen molar-refractivity contribution >= 4 is 33.3 Å². The SMILES string of the molecule is COc1ccccc1NS(=O)(=O)c1cc([N+](=O)[O-])ccc1NN=Cc1ccc(C(F)(F)F)cc1. The van der Waals surface area contributed by atoms with Gasteiger partial charge in [0.1, 0.15) is 10.6 Å². The van der Waals surface area contributed by atoms with Gasteiger partial charge in [-0.15, -0.1) is 0 Å². The number of nitrogens with zero attached hydrogens (tertiary/aromatic N) is 2. The average molecular weight is 494 g/mol. The zero-order valence-corrected chi connectivity index (χ0v) is 18.2. The number of alkyl halides is 3. The number of rotatable bonds is 8. The molecule has 0 heterocycles. The largest absolute Gasteiger partial charge is 0.495 e. The summed E-state index contributed by atoms with van der Waals surface area (Å²) >= 11 is 0. The summed E-state index contributed by atoms with van der Waals surface area (Å²) in [5.41, 5.74) is 1.47. The van der Waals surface area contributed by atoms with E-state index in [9.17, 15) is 31.7 Å². The molecule has 0 unspecified atom stereocenters. The number of hydrazone groups is 1. The van der Waals surface area contributed by atoms with E-state index in [0.29, 0.717) is 5.56 Å². The van der Waals surface area contributed by atoms with Gasteiger partial charge in [-0.25, -0.2) is 8.42 Å². The molecule has 0 aromatic heterocycles. The van der Waals surface area contributed by atoms with Gasteiger partial charge in [-0.2, -0.15) is 18.3 Å². The third kappa shape index (κ3) is 5.81. The van der Waals surface area contributed by atoms with Crippen LogP contribution in [0.1, 0.15) is 11.1 Å². The minimum absolute atomic E-state index is 0.101. The maximum atomic E-state index is 13.0. The Morgan fingerprint density at radius 3 is 2.32 bits per heavy atom. The molecule has 0 fully saturated rings. The van der Waals surface area contributed by atoms with Gasteiger partial charge in [-0.1, -0.05) is 24.3 Å². The highest BCUT2D eigenvalue weighted by Crippen LogP contribution is 2.31. The quantitative estimate of drug-likeness (QED) is 0.262. The first-order valence-corrected chi connectivity index (χ1v) is 10.9. The lowest BCUT2D eigenvalue weighted by molar-refractivity contribution is -0.385. The van der Waals surface area contributed by atoms with Crippen LogP contribution < -0.4 is 14.9 Å². The topological polar surface area (TPSA) is 123 Å². The average Bonchev–Trinajstić information content (AvgIpc) is 2.79. The van der Waals surface area contributed by atoms with Gasteiger partial charge in [0.25, 0.3) is 15.7 Å². The molecule has 0 amide bonds. The molecule has 0 bridgehead atoms. The molecule has 13 heteroatoms. The number of hydrogen-bond donors (Lipinski definition) is 2. The van der Waals surface area contributed by atoms with E-state index in [2.05, 4.69) is 15.2 Å². The van der Waals surface area contributed by atoms with Crippen molar-refractivity contribution in [2.75, 3.05) is 17.3 Å². The van der Waals surface area contributed by atoms with Gasteiger partial charge in [-0.05, 0) is 35.9 Å². The number of nitro benzene ring substituents is 1. The molecular weight excluding hydrogens is 477 g/mol. The second-order valence-corrected chi connectivity index (χ2v) is 8.38. The second kappa shape index (κ2) is 9.79. The van der Waals surface area contributed by atoms with Crippen LogP contribution in [0, 0.1) is 10.1 Å². The van der Waals surface area contributed by atoms with Crippen molar-refractivity contribution in [3.63, 3.8) is 0 Å². The number of sulfonamides is 1. The molecule has 2 N–H and O–H groups in total. The van der Waals surface area contributed by atoms with Gasteiger partial charge in [0.15, 0.2) is 0 Å². The maximum absolute atomic E-state index is 13.0. The zero-order chi connectivity index (χ0) is 24.9. The summed E-state index contributed by atoms with van der Waals surface area (Å²) in [6.07, 6.45) is -3.31. The van der Waals surface area contributed by atoms with Gasteiger partial charge in [0.2, 0.25) is 0 Å². The normalized spacial score (nSPS) is 11.9. The predicted molar refractivity (Wildman–Crippen MR) is 120 cm³/mol. The Morgan fingerprint density at radius 2 is 1.71 bits per heavy atom. The van der Waals surface area contributed by atoms with Crippen LogP contribution in [-0.4, -0.2) is 26.7 Å². The van der Waals surface area contributed by atoms with Crippen molar-refractivity contribution in [1.82, 2.24) is 0 Å². The number of non-ortho nitro benzene ring substituents is 1. The minimum Gasteiger partial charge on any atom is -0.495 e. The van der Waals surface area contributed by atoms with E-state index < -0.39 is 37.3 Å². The molecule has 0 aliphatic carbocycles. The number of nitro groups is 1. The number of anilines is 2. The van der Waals surface area contributed by atoms with Gasteiger partial charge in [-0.3, -0.25) is 20.3 Å². The van der Waals surface area contributed by atoms with E-state index in [-0.39, 0.29) is 17.1 Å². The lowest BCUT2D eigenvalue weighted by atomic mass is 10.1. The predicted octanol–water partition coefficient (Wildman–Crippen LogP) is 4.87. The number of hydrogen-bond acceptors (Lipinski definition) is 7. The Bertz CT molecular complexity index is 1330. The van der Waals surface area contributed by atoms with Crippen LogP contribution in [0.2, 0.25) is 0 Å². The molecule has 0 spiro atoms. The lowest BCUT2D eigenvalue weighted by Crippen LogP contribution is -2.15. The third-order valence-electron chi connectivity index (χ3n) is 4.45. The van der Waals surface area contributed by atoms with Crippen LogP contribution in [0.3, 0.4) is 0 Å². The van der Waals surface area contributed by atoms with E-state index in [1.54, 1.807) is 12.1 Å². The smallest absolute Gasteiger partial charge is 0.416 e. The summed E-state index contributed by atoms with van der Waals surface area (Å²) in [7, 11) is -2.99. The van der Waals surface area contributed by atoms with E-state index in [4.69, 9.17) is 4.74 Å². The molecule has 34 heavy (non-hydrogen) atoms. The monoisotopic (exact) mass is 494 g/mol. The summed E-state index contributed by atoms with van der Waals surface area (Å²) in [4.78, 5) is 9.96. The Labute approximate surface area is 192 Å². The zero-order valence-electron chi connectivity index (χ0n) is 17.4. The van der Waals surface area contributed by atoms with E-state index in [1.165, 1.54) is 37.6 Å². The molecular formula is C21H17F3N4O5S. The summed E-state index contributed by atoms with van der Waals surface area (Å²) in [6.45, 7) is 0. The summed E-state index contributed by atoms with van der Waals surface area (Å²) in [5, 5.41) is 15.0. The van der Waals surface area contributed by atoms with Crippen molar-refractivity contribution in [1.29, 1.82) is 0 Å². The van der Waals surface area contributed by atoms with E-state index in [1.807, 2.05) is 0 Å². The first-order valence-electron chi connectivity index (χ1n) is 9.42. The number of ether oxygens (including phenoxy) is 1. The van der Waals surface area contributed by atoms with Gasteiger partial charge >= 0.3 is 6.18 Å². The minimum atomic E-state index is -4.48. The first kappa shape index (κ1) is 24.5. The molecule has 178 valence electrons. The number of nitrogens with one attached hydrogen (secondary N) is 2. The van der Waals surface area contributed by atoms with Crippen LogP contribution in [0.15, 0.2) is 76.7 Å². The molecule has 0 radical (unpaired) electrons. The molecule has 0 aliphatic rings. The molecule has 9 nitrogen and oxygen atoms in total. The highest BCUT2D eigenvalue weighted by molar-refractivity contribution is 7.93. The molecule has 0 saturated heterocycles. The van der Waals surface area contributed by atoms with Crippen molar-refractivity contribution in [2.24, 2.45) is 5.10 Å². The molecule has 3 aromatic carbocycles. The van der Waals surface area contributed by atoms with Crippen molar-refractivity contribution in [2.45, 2.75) is 11.1 Å². The molecule has 3 rings (SSSR count). The fourth-order valence-electron chi connectivity index (χ4n) is 2.80. The Kier molecular flexibility index (Phi) is 7.05. The van der Waals surface area contributed by atoms with Crippen molar-refractivity contribution in [3.05, 3.63) is 88.0 Å². The van der Waals surface area contributed by atoms with Gasteiger partial charge in [0.05, 0.1) is 35.2 Å². The molecule has 3 aromatic rings. The summed E-state index contributed by atoms with van der Waals surface area (Å²) < 4.78 is 71.6. The fourth-order valence-corrected chi connectivity index (χ4v) is 4.05. The number of para-hydroxylation sites is 2. The first-order chi connectivity index (χ1) is 16.0. The van der Waals surface area contributed by atoms with Crippen LogP contribution >= 0.6 is 0 Å². The lowest BCUT2D eigenvalue weighted by Gasteiger charge is -2.14. The molecule has 0 aliphatic heterocycles. The van der Waals surface area contributed by atoms with Crippen molar-refractivity contribution in [3.8, 4) is 5.75 Å². The van der Waals surface area contributed by atoms with Gasteiger partial charge in [0, 0.05) is 12.1 Å². The number of benzene rings is 3. The molecule has 0 saturated carbocycles.